The monoisotopic (exact) mass is 1060 g/mol. The number of aliphatic hydroxyl groups is 2. The second-order valence-corrected chi connectivity index (χ2v) is 24.0. The number of thiazole rings is 2. The molecule has 18 heteroatoms. The van der Waals surface area contributed by atoms with Crippen LogP contribution >= 0.6 is 22.7 Å². The maximum atomic E-state index is 14.7. The molecule has 0 bridgehead atoms. The number of aliphatic hydroxyl groups excluding tert-OH is 2. The first-order valence-corrected chi connectivity index (χ1v) is 27.6. The number of likely N-dealkylation sites (tertiary alicyclic amines) is 2. The highest BCUT2D eigenvalue weighted by molar-refractivity contribution is 7.13. The fourth-order valence-electron chi connectivity index (χ4n) is 10.4. The Balaban J connectivity index is 0.873. The van der Waals surface area contributed by atoms with Gasteiger partial charge in [-0.1, -0.05) is 115 Å². The maximum Gasteiger partial charge on any atom is 0.255 e. The Kier molecular flexibility index (Phi) is 16.7. The molecular formula is C57H70N8O8S2. The second-order valence-electron chi connectivity index (χ2n) is 22.3. The van der Waals surface area contributed by atoms with Gasteiger partial charge in [-0.3, -0.25) is 28.8 Å². The number of rotatable bonds is 18. The number of carbonyl (C=O) groups excluding carboxylic acids is 6. The number of aryl methyl sites for hydroxylation is 2. The number of hydrogen-bond acceptors (Lipinski definition) is 12. The van der Waals surface area contributed by atoms with Crippen molar-refractivity contribution in [3.63, 3.8) is 0 Å². The second kappa shape index (κ2) is 22.9. The van der Waals surface area contributed by atoms with Gasteiger partial charge in [-0.05, 0) is 71.4 Å². The number of nitrogens with one attached hydrogen (secondary N) is 3. The van der Waals surface area contributed by atoms with Gasteiger partial charge >= 0.3 is 0 Å². The summed E-state index contributed by atoms with van der Waals surface area (Å²) in [5, 5.41) is 30.6. The first-order chi connectivity index (χ1) is 35.6. The molecule has 5 aromatic rings. The van der Waals surface area contributed by atoms with Crippen molar-refractivity contribution in [3.8, 4) is 20.9 Å². The molecule has 0 spiro atoms. The molecule has 2 fully saturated rings. The third-order valence-corrected chi connectivity index (χ3v) is 16.7. The molecule has 16 nitrogen and oxygen atoms in total. The summed E-state index contributed by atoms with van der Waals surface area (Å²) in [6, 6.07) is 19.4. The van der Waals surface area contributed by atoms with Crippen LogP contribution in [-0.2, 0) is 50.0 Å². The minimum Gasteiger partial charge on any atom is -0.391 e. The van der Waals surface area contributed by atoms with Gasteiger partial charge in [-0.25, -0.2) is 9.97 Å². The van der Waals surface area contributed by atoms with Crippen LogP contribution in [0, 0.1) is 23.7 Å². The molecule has 3 aliphatic rings. The standard InChI is InChI=1S/C57H70N8O8S2/c1-33(2)46(65-28-39-12-9-10-13-42(39)52(65)70)53(71)63-29-40(66)24-44(63)50(68)58-27-36-17-21-38(22-18-36)48-43(61-32-75-48)14-11-23-57(7,8)49(62-55(73)56(4,5)6)54(72)64-30-41(67)25-45(64)51(69)59-26-35-15-19-37(20-16-35)47-34(3)60-31-74-47/h9-10,12-13,15-22,31-33,40-41,44-46,49,66-67H,11,14,23-30H2,1-8H3,(H,58,68)(H,59,69)(H,62,73)/t40-,41-,44+,45+,46+,49-/m1/s1. The van der Waals surface area contributed by atoms with Gasteiger partial charge in [-0.15, -0.1) is 22.7 Å². The molecule has 0 saturated carbocycles. The topological polar surface area (TPSA) is 214 Å². The van der Waals surface area contributed by atoms with Gasteiger partial charge in [0.05, 0.1) is 44.4 Å². The number of benzene rings is 3. The van der Waals surface area contributed by atoms with Crippen LogP contribution in [0.1, 0.15) is 113 Å². The van der Waals surface area contributed by atoms with Gasteiger partial charge in [0.25, 0.3) is 5.91 Å². The van der Waals surface area contributed by atoms with Crippen molar-refractivity contribution in [2.24, 2.45) is 16.7 Å². The molecule has 6 atom stereocenters. The minimum atomic E-state index is -0.992. The summed E-state index contributed by atoms with van der Waals surface area (Å²) in [5.41, 5.74) is 9.01. The van der Waals surface area contributed by atoms with E-state index in [0.29, 0.717) is 31.4 Å². The molecule has 3 aromatic carbocycles. The Hall–Kier alpha value is -6.34. The van der Waals surface area contributed by atoms with E-state index in [0.717, 1.165) is 49.0 Å². The van der Waals surface area contributed by atoms with Crippen molar-refractivity contribution in [1.82, 2.24) is 40.6 Å². The molecular weight excluding hydrogens is 989 g/mol. The minimum absolute atomic E-state index is 0.00183. The van der Waals surface area contributed by atoms with E-state index in [1.165, 1.54) is 21.1 Å². The highest BCUT2D eigenvalue weighted by Crippen LogP contribution is 2.36. The number of nitrogens with zero attached hydrogens (tertiary/aromatic N) is 5. The van der Waals surface area contributed by atoms with Crippen LogP contribution in [0.2, 0.25) is 0 Å². The van der Waals surface area contributed by atoms with Crippen molar-refractivity contribution < 1.29 is 39.0 Å². The van der Waals surface area contributed by atoms with Crippen molar-refractivity contribution in [3.05, 3.63) is 117 Å². The lowest BCUT2D eigenvalue weighted by Crippen LogP contribution is -2.59. The molecule has 0 unspecified atom stereocenters. The third-order valence-electron chi connectivity index (χ3n) is 14.8. The molecule has 0 aliphatic carbocycles. The van der Waals surface area contributed by atoms with Crippen molar-refractivity contribution in [1.29, 1.82) is 0 Å². The van der Waals surface area contributed by atoms with E-state index in [-0.39, 0.29) is 74.5 Å². The summed E-state index contributed by atoms with van der Waals surface area (Å²) in [6.45, 7) is 15.7. The van der Waals surface area contributed by atoms with Crippen LogP contribution < -0.4 is 16.0 Å². The zero-order chi connectivity index (χ0) is 53.9. The summed E-state index contributed by atoms with van der Waals surface area (Å²) >= 11 is 3.08. The maximum absolute atomic E-state index is 14.7. The molecule has 0 radical (unpaired) electrons. The average molecular weight is 1060 g/mol. The molecule has 2 saturated heterocycles. The van der Waals surface area contributed by atoms with Gasteiger partial charge in [0, 0.05) is 56.5 Å². The van der Waals surface area contributed by atoms with Crippen molar-refractivity contribution in [2.75, 3.05) is 13.1 Å². The molecule has 3 aliphatic heterocycles. The summed E-state index contributed by atoms with van der Waals surface area (Å²) in [4.78, 5) is 99.0. The summed E-state index contributed by atoms with van der Waals surface area (Å²) in [6.07, 6.45) is 0.138. The number of fused-ring (bicyclic) bond motifs is 1. The highest BCUT2D eigenvalue weighted by Gasteiger charge is 2.48. The zero-order valence-corrected chi connectivity index (χ0v) is 45.7. The van der Waals surface area contributed by atoms with E-state index in [9.17, 15) is 39.0 Å². The van der Waals surface area contributed by atoms with Gasteiger partial charge in [-0.2, -0.15) is 0 Å². The summed E-state index contributed by atoms with van der Waals surface area (Å²) < 4.78 is 0. The Bertz CT molecular complexity index is 2890. The lowest BCUT2D eigenvalue weighted by Gasteiger charge is -2.39. The quantitative estimate of drug-likeness (QED) is 0.0630. The van der Waals surface area contributed by atoms with Gasteiger partial charge in [0.1, 0.15) is 24.2 Å². The first-order valence-electron chi connectivity index (χ1n) is 25.8. The van der Waals surface area contributed by atoms with Crippen molar-refractivity contribution in [2.45, 2.75) is 144 Å². The number of amides is 6. The zero-order valence-electron chi connectivity index (χ0n) is 44.1. The Morgan fingerprint density at radius 3 is 1.80 bits per heavy atom. The molecule has 2 aromatic heterocycles. The average Bonchev–Trinajstić information content (AvgIpc) is 4.24. The van der Waals surface area contributed by atoms with Gasteiger partial charge in [0.15, 0.2) is 0 Å². The van der Waals surface area contributed by atoms with Gasteiger partial charge < -0.3 is 40.9 Å². The van der Waals surface area contributed by atoms with E-state index in [1.54, 1.807) is 54.7 Å². The van der Waals surface area contributed by atoms with Crippen LogP contribution in [0.15, 0.2) is 83.8 Å². The number of aromatic nitrogens is 2. The van der Waals surface area contributed by atoms with E-state index >= 15 is 0 Å². The molecule has 5 N–H and O–H groups in total. The largest absolute Gasteiger partial charge is 0.391 e. The Morgan fingerprint density at radius 2 is 1.27 bits per heavy atom. The SMILES string of the molecule is Cc1ncsc1-c1ccc(CNC(=O)[C@@H]2C[C@@H](O)CN2C(=O)[C@@H](NC(=O)C(C)(C)C)C(C)(C)CCCc2ncsc2-c2ccc(CNC(=O)[C@@H]3C[C@@H](O)CN3C(=O)[C@H](C(C)C)N3Cc4ccccc4C3=O)cc2)cc1. The van der Waals surface area contributed by atoms with E-state index in [1.807, 2.05) is 101 Å². The van der Waals surface area contributed by atoms with Crippen LogP contribution in [0.5, 0.6) is 0 Å². The smallest absolute Gasteiger partial charge is 0.255 e. The lowest BCUT2D eigenvalue weighted by molar-refractivity contribution is -0.145. The molecule has 75 heavy (non-hydrogen) atoms. The number of β-amino-alcohol motifs (C(OH)–C–C–N with tert-alkyl or cyclic N) is 2. The van der Waals surface area contributed by atoms with Crippen LogP contribution in [-0.4, -0.2) is 120 Å². The van der Waals surface area contributed by atoms with E-state index < -0.39 is 53.1 Å². The first kappa shape index (κ1) is 54.9. The summed E-state index contributed by atoms with van der Waals surface area (Å²) in [7, 11) is 0. The fourth-order valence-corrected chi connectivity index (χ4v) is 12.1. The number of carbonyl (C=O) groups is 6. The predicted molar refractivity (Wildman–Crippen MR) is 289 cm³/mol. The Morgan fingerprint density at radius 1 is 0.733 bits per heavy atom. The molecule has 8 rings (SSSR count). The molecule has 5 heterocycles. The third kappa shape index (κ3) is 12.4. The van der Waals surface area contributed by atoms with Crippen LogP contribution in [0.25, 0.3) is 20.9 Å². The fraction of sp³-hybridized carbons (Fsp3) is 0.474. The highest BCUT2D eigenvalue weighted by atomic mass is 32.1. The van der Waals surface area contributed by atoms with Crippen LogP contribution in [0.4, 0.5) is 0 Å². The predicted octanol–water partition coefficient (Wildman–Crippen LogP) is 6.66. The normalized spacial score (nSPS) is 19.6. The Labute approximate surface area is 447 Å². The number of hydrogen-bond donors (Lipinski definition) is 5. The van der Waals surface area contributed by atoms with E-state index in [4.69, 9.17) is 4.98 Å². The van der Waals surface area contributed by atoms with Crippen molar-refractivity contribution >= 4 is 58.1 Å². The lowest BCUT2D eigenvalue weighted by atomic mass is 9.78. The van der Waals surface area contributed by atoms with Gasteiger partial charge in [0.2, 0.25) is 29.5 Å². The van der Waals surface area contributed by atoms with Crippen LogP contribution in [0.3, 0.4) is 0 Å². The molecule has 398 valence electrons. The summed E-state index contributed by atoms with van der Waals surface area (Å²) in [5.74, 6) is -2.27. The molecule has 6 amide bonds. The van der Waals surface area contributed by atoms with E-state index in [2.05, 4.69) is 20.9 Å².